The molecule has 1 aliphatic carbocycles. The summed E-state index contributed by atoms with van der Waals surface area (Å²) in [7, 11) is 0. The summed E-state index contributed by atoms with van der Waals surface area (Å²) in [6.07, 6.45) is 6.06. The summed E-state index contributed by atoms with van der Waals surface area (Å²) in [6, 6.07) is 2.22. The Labute approximate surface area is 79.2 Å². The Kier molecular flexibility index (Phi) is 1.88. The van der Waals surface area contributed by atoms with Crippen molar-refractivity contribution in [2.24, 2.45) is 11.1 Å². The minimum atomic E-state index is 0.166. The second-order valence-electron chi connectivity index (χ2n) is 4.54. The van der Waals surface area contributed by atoms with Crippen molar-refractivity contribution in [1.82, 2.24) is 4.98 Å². The van der Waals surface area contributed by atoms with Crippen LogP contribution in [0.25, 0.3) is 0 Å². The maximum atomic E-state index is 6.20. The van der Waals surface area contributed by atoms with Crippen LogP contribution in [0.15, 0.2) is 18.5 Å². The largest absolute Gasteiger partial charge is 0.323 e. The topological polar surface area (TPSA) is 38.9 Å². The van der Waals surface area contributed by atoms with E-state index in [4.69, 9.17) is 5.73 Å². The van der Waals surface area contributed by atoms with E-state index in [1.54, 1.807) is 0 Å². The van der Waals surface area contributed by atoms with E-state index < -0.39 is 0 Å². The minimum absolute atomic E-state index is 0.166. The molecule has 2 rings (SSSR count). The molecular weight excluding hydrogens is 160 g/mol. The van der Waals surface area contributed by atoms with Gasteiger partial charge in [-0.1, -0.05) is 13.8 Å². The fourth-order valence-corrected chi connectivity index (χ4v) is 1.98. The quantitative estimate of drug-likeness (QED) is 0.657. The second kappa shape index (κ2) is 2.81. The maximum Gasteiger partial charge on any atom is 0.0350 e. The highest BCUT2D eigenvalue weighted by molar-refractivity contribution is 5.30. The van der Waals surface area contributed by atoms with E-state index in [0.717, 1.165) is 12.8 Å². The molecule has 0 aromatic carbocycles. The monoisotopic (exact) mass is 176 g/mol. The summed E-state index contributed by atoms with van der Waals surface area (Å²) < 4.78 is 0. The summed E-state index contributed by atoms with van der Waals surface area (Å²) in [6.45, 7) is 4.47. The minimum Gasteiger partial charge on any atom is -0.323 e. The molecule has 13 heavy (non-hydrogen) atoms. The summed E-state index contributed by atoms with van der Waals surface area (Å²) in [5.74, 6) is 0. The van der Waals surface area contributed by atoms with Crippen molar-refractivity contribution in [1.29, 1.82) is 0 Å². The molecule has 0 spiro atoms. The average Bonchev–Trinajstić information content (AvgIpc) is 2.13. The Balaban J connectivity index is 2.45. The van der Waals surface area contributed by atoms with E-state index in [1.807, 2.05) is 12.4 Å². The molecule has 0 bridgehead atoms. The van der Waals surface area contributed by atoms with E-state index in [-0.39, 0.29) is 11.5 Å². The van der Waals surface area contributed by atoms with Crippen LogP contribution in [0.5, 0.6) is 0 Å². The summed E-state index contributed by atoms with van der Waals surface area (Å²) >= 11 is 0. The van der Waals surface area contributed by atoms with Crippen molar-refractivity contribution < 1.29 is 0 Å². The lowest BCUT2D eigenvalue weighted by molar-refractivity contribution is 0.249. The summed E-state index contributed by atoms with van der Waals surface area (Å²) in [5.41, 5.74) is 9.04. The van der Waals surface area contributed by atoms with Crippen molar-refractivity contribution in [3.8, 4) is 0 Å². The van der Waals surface area contributed by atoms with Crippen molar-refractivity contribution in [3.05, 3.63) is 29.6 Å². The summed E-state index contributed by atoms with van der Waals surface area (Å²) in [5, 5.41) is 0. The van der Waals surface area contributed by atoms with Gasteiger partial charge >= 0.3 is 0 Å². The zero-order valence-electron chi connectivity index (χ0n) is 8.25. The van der Waals surface area contributed by atoms with Gasteiger partial charge in [0.25, 0.3) is 0 Å². The van der Waals surface area contributed by atoms with Gasteiger partial charge in [-0.2, -0.15) is 0 Å². The van der Waals surface area contributed by atoms with Crippen LogP contribution in [0.2, 0.25) is 0 Å². The Morgan fingerprint density at radius 3 is 3.08 bits per heavy atom. The second-order valence-corrected chi connectivity index (χ2v) is 4.54. The lowest BCUT2D eigenvalue weighted by Gasteiger charge is -2.37. The predicted molar refractivity (Wildman–Crippen MR) is 53.3 cm³/mol. The van der Waals surface area contributed by atoms with Gasteiger partial charge in [-0.15, -0.1) is 0 Å². The molecule has 0 fully saturated rings. The number of hydrogen-bond donors (Lipinski definition) is 1. The van der Waals surface area contributed by atoms with E-state index in [0.29, 0.717) is 0 Å². The zero-order chi connectivity index (χ0) is 9.47. The maximum absolute atomic E-state index is 6.20. The van der Waals surface area contributed by atoms with Gasteiger partial charge < -0.3 is 5.73 Å². The van der Waals surface area contributed by atoms with E-state index >= 15 is 0 Å². The van der Waals surface area contributed by atoms with E-state index in [1.165, 1.54) is 11.1 Å². The van der Waals surface area contributed by atoms with Crippen LogP contribution in [0.1, 0.15) is 37.4 Å². The predicted octanol–water partition coefficient (Wildman–Crippen LogP) is 2.05. The zero-order valence-corrected chi connectivity index (χ0v) is 8.25. The Hall–Kier alpha value is -0.890. The van der Waals surface area contributed by atoms with Crippen LogP contribution >= 0.6 is 0 Å². The fourth-order valence-electron chi connectivity index (χ4n) is 1.98. The average molecular weight is 176 g/mol. The first kappa shape index (κ1) is 8.70. The standard InChI is InChI=1S/C11H16N2/c1-11(2)5-3-8-7-13-6-4-9(8)10(11)12/h4,6-7,10H,3,5,12H2,1-2H3. The smallest absolute Gasteiger partial charge is 0.0350 e. The van der Waals surface area contributed by atoms with Crippen molar-refractivity contribution in [3.63, 3.8) is 0 Å². The fraction of sp³-hybridized carbons (Fsp3) is 0.545. The van der Waals surface area contributed by atoms with Gasteiger partial charge in [-0.3, -0.25) is 4.98 Å². The Morgan fingerprint density at radius 1 is 1.54 bits per heavy atom. The first-order valence-corrected chi connectivity index (χ1v) is 4.79. The molecule has 0 saturated heterocycles. The highest BCUT2D eigenvalue weighted by atomic mass is 14.7. The Morgan fingerprint density at radius 2 is 2.31 bits per heavy atom. The van der Waals surface area contributed by atoms with E-state index in [2.05, 4.69) is 24.9 Å². The molecule has 0 radical (unpaired) electrons. The first-order valence-electron chi connectivity index (χ1n) is 4.79. The normalized spacial score (nSPS) is 25.3. The van der Waals surface area contributed by atoms with Gasteiger partial charge in [0.2, 0.25) is 0 Å². The molecule has 1 aromatic heterocycles. The number of aromatic nitrogens is 1. The van der Waals surface area contributed by atoms with Crippen LogP contribution in [0.4, 0.5) is 0 Å². The van der Waals surface area contributed by atoms with Gasteiger partial charge in [0, 0.05) is 18.4 Å². The SMILES string of the molecule is CC1(C)CCc2cnccc2C1N. The van der Waals surface area contributed by atoms with Gasteiger partial charge in [0.15, 0.2) is 0 Å². The molecular formula is C11H16N2. The highest BCUT2D eigenvalue weighted by Gasteiger charge is 2.32. The molecule has 1 unspecified atom stereocenters. The molecule has 1 aromatic rings. The lowest BCUT2D eigenvalue weighted by Crippen LogP contribution is -2.34. The van der Waals surface area contributed by atoms with E-state index in [9.17, 15) is 0 Å². The van der Waals surface area contributed by atoms with Crippen LogP contribution in [-0.4, -0.2) is 4.98 Å². The molecule has 70 valence electrons. The third-order valence-electron chi connectivity index (χ3n) is 3.16. The number of fused-ring (bicyclic) bond motifs is 1. The number of hydrogen-bond acceptors (Lipinski definition) is 2. The molecule has 0 aliphatic heterocycles. The highest BCUT2D eigenvalue weighted by Crippen LogP contribution is 2.41. The number of rotatable bonds is 0. The van der Waals surface area contributed by atoms with Crippen molar-refractivity contribution >= 4 is 0 Å². The van der Waals surface area contributed by atoms with Crippen LogP contribution in [0, 0.1) is 5.41 Å². The van der Waals surface area contributed by atoms with Crippen molar-refractivity contribution in [2.75, 3.05) is 0 Å². The van der Waals surface area contributed by atoms with Crippen LogP contribution < -0.4 is 5.73 Å². The van der Waals surface area contributed by atoms with Gasteiger partial charge in [-0.05, 0) is 35.4 Å². The molecule has 2 N–H and O–H groups in total. The van der Waals surface area contributed by atoms with Gasteiger partial charge in [-0.25, -0.2) is 0 Å². The molecule has 1 atom stereocenters. The number of pyridine rings is 1. The molecule has 2 heteroatoms. The molecule has 0 amide bonds. The third-order valence-corrected chi connectivity index (χ3v) is 3.16. The first-order chi connectivity index (χ1) is 6.11. The summed E-state index contributed by atoms with van der Waals surface area (Å²) in [4.78, 5) is 4.12. The molecule has 1 heterocycles. The molecule has 2 nitrogen and oxygen atoms in total. The number of nitrogens with zero attached hydrogens (tertiary/aromatic N) is 1. The van der Waals surface area contributed by atoms with Crippen LogP contribution in [0.3, 0.4) is 0 Å². The van der Waals surface area contributed by atoms with Crippen LogP contribution in [-0.2, 0) is 6.42 Å². The third kappa shape index (κ3) is 1.35. The molecule has 0 saturated carbocycles. The van der Waals surface area contributed by atoms with Gasteiger partial charge in [0.1, 0.15) is 0 Å². The van der Waals surface area contributed by atoms with Crippen molar-refractivity contribution in [2.45, 2.75) is 32.7 Å². The number of aryl methyl sites for hydroxylation is 1. The molecule has 1 aliphatic rings. The van der Waals surface area contributed by atoms with Gasteiger partial charge in [0.05, 0.1) is 0 Å². The lowest BCUT2D eigenvalue weighted by atomic mass is 9.71. The Bertz CT molecular complexity index is 318. The number of nitrogens with two attached hydrogens (primary N) is 1.